The number of nitrogens with zero attached hydrogens (tertiary/aromatic N) is 1. The normalized spacial score (nSPS) is 28.8. The Kier molecular flexibility index (Phi) is 5.83. The first-order valence-corrected chi connectivity index (χ1v) is 8.11. The van der Waals surface area contributed by atoms with Crippen LogP contribution in [0.25, 0.3) is 0 Å². The smallest absolute Gasteiger partial charge is 0.127 e. The highest BCUT2D eigenvalue weighted by molar-refractivity contribution is 5.59. The van der Waals surface area contributed by atoms with Gasteiger partial charge in [0.15, 0.2) is 0 Å². The summed E-state index contributed by atoms with van der Waals surface area (Å²) in [4.78, 5) is 14.2. The molecule has 2 fully saturated rings. The predicted molar refractivity (Wildman–Crippen MR) is 77.1 cm³/mol. The summed E-state index contributed by atoms with van der Waals surface area (Å²) in [5, 5.41) is 9.21. The first-order chi connectivity index (χ1) is 9.29. The Morgan fingerprint density at radius 1 is 1.11 bits per heavy atom. The molecule has 1 saturated carbocycles. The molecule has 0 aromatic carbocycles. The fourth-order valence-electron chi connectivity index (χ4n) is 3.89. The molecule has 0 spiro atoms. The molecule has 3 heteroatoms. The van der Waals surface area contributed by atoms with Crippen LogP contribution in [0.4, 0.5) is 0 Å². The number of likely N-dealkylation sites (tertiary alicyclic amines) is 1. The third-order valence-corrected chi connectivity index (χ3v) is 5.08. The maximum atomic E-state index is 11.7. The number of carbonyl (C=O) groups excluding carboxylic acids is 1. The minimum atomic E-state index is -0.0957. The number of aliphatic hydroxyl groups excluding tert-OH is 1. The molecule has 0 radical (unpaired) electrons. The molecule has 1 saturated heterocycles. The molecule has 1 aliphatic carbocycles. The minimum absolute atomic E-state index is 0.0957. The molecule has 1 unspecified atom stereocenters. The molecule has 0 bridgehead atoms. The average Bonchev–Trinajstić information content (AvgIpc) is 2.68. The molecule has 3 nitrogen and oxygen atoms in total. The van der Waals surface area contributed by atoms with E-state index in [4.69, 9.17) is 0 Å². The van der Waals surface area contributed by atoms with Crippen molar-refractivity contribution in [2.24, 2.45) is 5.41 Å². The SMILES string of the molecule is O=CC1(CN2CCCCC2CCO)CCCCCC1. The molecule has 1 heterocycles. The lowest BCUT2D eigenvalue weighted by Gasteiger charge is -2.41. The molecule has 0 aromatic heterocycles. The topological polar surface area (TPSA) is 40.5 Å². The summed E-state index contributed by atoms with van der Waals surface area (Å²) in [6, 6.07) is 0.499. The van der Waals surface area contributed by atoms with Crippen LogP contribution in [0.2, 0.25) is 0 Å². The summed E-state index contributed by atoms with van der Waals surface area (Å²) < 4.78 is 0. The van der Waals surface area contributed by atoms with Crippen molar-refractivity contribution in [1.29, 1.82) is 0 Å². The fourth-order valence-corrected chi connectivity index (χ4v) is 3.89. The number of piperidine rings is 1. The monoisotopic (exact) mass is 267 g/mol. The molecule has 1 N–H and O–H groups in total. The van der Waals surface area contributed by atoms with E-state index in [1.165, 1.54) is 51.2 Å². The van der Waals surface area contributed by atoms with Gasteiger partial charge < -0.3 is 9.90 Å². The molecule has 0 aromatic rings. The van der Waals surface area contributed by atoms with Gasteiger partial charge in [0.05, 0.1) is 0 Å². The lowest BCUT2D eigenvalue weighted by atomic mass is 9.80. The van der Waals surface area contributed by atoms with E-state index in [1.54, 1.807) is 0 Å². The summed E-state index contributed by atoms with van der Waals surface area (Å²) in [7, 11) is 0. The van der Waals surface area contributed by atoms with E-state index in [9.17, 15) is 9.90 Å². The number of aliphatic hydroxyl groups is 1. The van der Waals surface area contributed by atoms with Gasteiger partial charge in [0, 0.05) is 24.6 Å². The molecular weight excluding hydrogens is 238 g/mol. The Morgan fingerprint density at radius 2 is 1.84 bits per heavy atom. The zero-order valence-corrected chi connectivity index (χ0v) is 12.1. The Balaban J connectivity index is 2.00. The maximum Gasteiger partial charge on any atom is 0.127 e. The Morgan fingerprint density at radius 3 is 2.47 bits per heavy atom. The summed E-state index contributed by atoms with van der Waals surface area (Å²) >= 11 is 0. The maximum absolute atomic E-state index is 11.7. The third kappa shape index (κ3) is 4.03. The largest absolute Gasteiger partial charge is 0.396 e. The van der Waals surface area contributed by atoms with Gasteiger partial charge in [0.2, 0.25) is 0 Å². The second-order valence-electron chi connectivity index (χ2n) is 6.53. The van der Waals surface area contributed by atoms with Crippen LogP contribution in [0.5, 0.6) is 0 Å². The van der Waals surface area contributed by atoms with Gasteiger partial charge in [-0.2, -0.15) is 0 Å². The van der Waals surface area contributed by atoms with Gasteiger partial charge >= 0.3 is 0 Å². The van der Waals surface area contributed by atoms with Crippen LogP contribution in [0.3, 0.4) is 0 Å². The molecule has 2 aliphatic rings. The van der Waals surface area contributed by atoms with Crippen molar-refractivity contribution in [2.75, 3.05) is 19.7 Å². The van der Waals surface area contributed by atoms with E-state index in [2.05, 4.69) is 4.90 Å². The van der Waals surface area contributed by atoms with Gasteiger partial charge in [-0.3, -0.25) is 4.90 Å². The highest BCUT2D eigenvalue weighted by atomic mass is 16.3. The lowest BCUT2D eigenvalue weighted by Crippen LogP contribution is -2.47. The number of hydrogen-bond donors (Lipinski definition) is 1. The zero-order valence-electron chi connectivity index (χ0n) is 12.1. The van der Waals surface area contributed by atoms with Gasteiger partial charge in [-0.15, -0.1) is 0 Å². The van der Waals surface area contributed by atoms with E-state index >= 15 is 0 Å². The van der Waals surface area contributed by atoms with Gasteiger partial charge in [-0.05, 0) is 38.6 Å². The number of aldehydes is 1. The van der Waals surface area contributed by atoms with Crippen molar-refractivity contribution in [1.82, 2.24) is 4.90 Å². The van der Waals surface area contributed by atoms with Crippen LogP contribution in [0, 0.1) is 5.41 Å². The third-order valence-electron chi connectivity index (χ3n) is 5.08. The molecule has 110 valence electrons. The Hall–Kier alpha value is -0.410. The molecular formula is C16H29NO2. The second kappa shape index (κ2) is 7.39. The highest BCUT2D eigenvalue weighted by Gasteiger charge is 2.35. The van der Waals surface area contributed by atoms with Crippen LogP contribution < -0.4 is 0 Å². The highest BCUT2D eigenvalue weighted by Crippen LogP contribution is 2.35. The van der Waals surface area contributed by atoms with Crippen LogP contribution >= 0.6 is 0 Å². The zero-order chi connectivity index (χ0) is 13.6. The Bertz CT molecular complexity index is 270. The van der Waals surface area contributed by atoms with E-state index in [0.29, 0.717) is 6.04 Å². The lowest BCUT2D eigenvalue weighted by molar-refractivity contribution is -0.118. The minimum Gasteiger partial charge on any atom is -0.396 e. The first kappa shape index (κ1) is 15.0. The first-order valence-electron chi connectivity index (χ1n) is 8.11. The van der Waals surface area contributed by atoms with E-state index in [-0.39, 0.29) is 12.0 Å². The molecule has 0 amide bonds. The summed E-state index contributed by atoms with van der Waals surface area (Å²) in [5.74, 6) is 0. The molecule has 2 rings (SSSR count). The Labute approximate surface area is 117 Å². The summed E-state index contributed by atoms with van der Waals surface area (Å²) in [6.07, 6.45) is 13.0. The number of hydrogen-bond acceptors (Lipinski definition) is 3. The molecule has 1 aliphatic heterocycles. The van der Waals surface area contributed by atoms with Gasteiger partial charge in [-0.25, -0.2) is 0 Å². The van der Waals surface area contributed by atoms with E-state index in [1.807, 2.05) is 0 Å². The van der Waals surface area contributed by atoms with E-state index < -0.39 is 0 Å². The van der Waals surface area contributed by atoms with Gasteiger partial charge in [0.1, 0.15) is 6.29 Å². The predicted octanol–water partition coefficient (Wildman–Crippen LogP) is 2.76. The van der Waals surface area contributed by atoms with Crippen LogP contribution in [0.15, 0.2) is 0 Å². The van der Waals surface area contributed by atoms with Gasteiger partial charge in [0.25, 0.3) is 0 Å². The quantitative estimate of drug-likeness (QED) is 0.615. The average molecular weight is 267 g/mol. The van der Waals surface area contributed by atoms with Crippen LogP contribution in [-0.2, 0) is 4.79 Å². The van der Waals surface area contributed by atoms with Crippen LogP contribution in [0.1, 0.15) is 64.2 Å². The van der Waals surface area contributed by atoms with Crippen molar-refractivity contribution in [3.05, 3.63) is 0 Å². The molecule has 1 atom stereocenters. The van der Waals surface area contributed by atoms with Crippen molar-refractivity contribution >= 4 is 6.29 Å². The molecule has 19 heavy (non-hydrogen) atoms. The standard InChI is InChI=1S/C16H29NO2/c18-12-8-15-7-3-6-11-17(15)13-16(14-19)9-4-1-2-5-10-16/h14-15,18H,1-13H2. The van der Waals surface area contributed by atoms with Crippen molar-refractivity contribution in [2.45, 2.75) is 70.3 Å². The number of carbonyl (C=O) groups is 1. The van der Waals surface area contributed by atoms with Gasteiger partial charge in [-0.1, -0.05) is 32.1 Å². The van der Waals surface area contributed by atoms with Crippen molar-refractivity contribution < 1.29 is 9.90 Å². The number of rotatable bonds is 5. The van der Waals surface area contributed by atoms with E-state index in [0.717, 1.165) is 32.4 Å². The van der Waals surface area contributed by atoms with Crippen molar-refractivity contribution in [3.8, 4) is 0 Å². The fraction of sp³-hybridized carbons (Fsp3) is 0.938. The van der Waals surface area contributed by atoms with Crippen molar-refractivity contribution in [3.63, 3.8) is 0 Å². The second-order valence-corrected chi connectivity index (χ2v) is 6.53. The summed E-state index contributed by atoms with van der Waals surface area (Å²) in [5.41, 5.74) is -0.0957. The van der Waals surface area contributed by atoms with Crippen LogP contribution in [-0.4, -0.2) is 42.0 Å². The summed E-state index contributed by atoms with van der Waals surface area (Å²) in [6.45, 7) is 2.32.